The van der Waals surface area contributed by atoms with Gasteiger partial charge in [0.15, 0.2) is 6.61 Å². The summed E-state index contributed by atoms with van der Waals surface area (Å²) < 4.78 is 43.1. The number of likely N-dealkylation sites (N-methyl/N-ethyl adjacent to an activating group) is 1. The Morgan fingerprint density at radius 2 is 1.79 bits per heavy atom. The molecule has 1 aromatic carbocycles. The quantitative estimate of drug-likeness (QED) is 0.526. The summed E-state index contributed by atoms with van der Waals surface area (Å²) in [6, 6.07) is 9.14. The second kappa shape index (κ2) is 9.90. The minimum Gasteiger partial charge on any atom is -0.484 e. The van der Waals surface area contributed by atoms with Crippen LogP contribution in [0.4, 0.5) is 19.0 Å². The highest BCUT2D eigenvalue weighted by Crippen LogP contribution is 2.28. The van der Waals surface area contributed by atoms with Crippen molar-refractivity contribution >= 4 is 17.4 Å². The number of carbonyl (C=O) groups is 1. The third-order valence-electron chi connectivity index (χ3n) is 4.18. The van der Waals surface area contributed by atoms with Gasteiger partial charge in [-0.1, -0.05) is 0 Å². The number of ether oxygens (including phenoxy) is 1. The van der Waals surface area contributed by atoms with Crippen molar-refractivity contribution in [3.8, 4) is 5.75 Å². The number of hydrogen-bond acceptors (Lipinski definition) is 5. The molecule has 0 atom stereocenters. The SMILES string of the molecule is CCN(CC)C(=O)COc1ccc(/C(C)=N\Nc2ccc(C(F)(F)F)cn2)cc1. The largest absolute Gasteiger partial charge is 0.484 e. The van der Waals surface area contributed by atoms with E-state index in [0.717, 1.165) is 17.8 Å². The van der Waals surface area contributed by atoms with Crippen molar-refractivity contribution in [2.75, 3.05) is 25.1 Å². The molecule has 0 fully saturated rings. The zero-order valence-corrected chi connectivity index (χ0v) is 16.5. The lowest BCUT2D eigenvalue weighted by Crippen LogP contribution is -2.34. The second-order valence-corrected chi connectivity index (χ2v) is 6.12. The van der Waals surface area contributed by atoms with Gasteiger partial charge in [-0.15, -0.1) is 0 Å². The van der Waals surface area contributed by atoms with Gasteiger partial charge in [-0.25, -0.2) is 4.98 Å². The van der Waals surface area contributed by atoms with Gasteiger partial charge in [-0.3, -0.25) is 10.2 Å². The van der Waals surface area contributed by atoms with Crippen molar-refractivity contribution < 1.29 is 22.7 Å². The van der Waals surface area contributed by atoms with E-state index in [9.17, 15) is 18.0 Å². The first-order chi connectivity index (χ1) is 13.7. The third-order valence-corrected chi connectivity index (χ3v) is 4.18. The number of hydrogen-bond donors (Lipinski definition) is 1. The van der Waals surface area contributed by atoms with Gasteiger partial charge in [-0.05, 0) is 62.7 Å². The number of rotatable bonds is 8. The van der Waals surface area contributed by atoms with Crippen LogP contribution in [0.3, 0.4) is 0 Å². The highest BCUT2D eigenvalue weighted by Gasteiger charge is 2.30. The number of aromatic nitrogens is 1. The van der Waals surface area contributed by atoms with Crippen LogP contribution >= 0.6 is 0 Å². The topological polar surface area (TPSA) is 66.8 Å². The van der Waals surface area contributed by atoms with E-state index in [2.05, 4.69) is 15.5 Å². The fraction of sp³-hybridized carbons (Fsp3) is 0.350. The minimum atomic E-state index is -4.43. The van der Waals surface area contributed by atoms with Crippen LogP contribution in [0.2, 0.25) is 0 Å². The molecular formula is C20H23F3N4O2. The molecular weight excluding hydrogens is 385 g/mol. The van der Waals surface area contributed by atoms with Crippen molar-refractivity contribution in [3.05, 3.63) is 53.7 Å². The predicted molar refractivity (Wildman–Crippen MR) is 105 cm³/mol. The fourth-order valence-corrected chi connectivity index (χ4v) is 2.44. The van der Waals surface area contributed by atoms with Crippen molar-refractivity contribution in [1.29, 1.82) is 0 Å². The molecule has 0 radical (unpaired) electrons. The monoisotopic (exact) mass is 408 g/mol. The maximum Gasteiger partial charge on any atom is 0.417 e. The molecule has 0 saturated heterocycles. The number of anilines is 1. The zero-order valence-electron chi connectivity index (χ0n) is 16.5. The molecule has 0 spiro atoms. The first-order valence-corrected chi connectivity index (χ1v) is 9.09. The van der Waals surface area contributed by atoms with Gasteiger partial charge in [0.05, 0.1) is 11.3 Å². The summed E-state index contributed by atoms with van der Waals surface area (Å²) in [5, 5.41) is 4.13. The molecule has 2 rings (SSSR count). The fourth-order valence-electron chi connectivity index (χ4n) is 2.44. The molecule has 1 heterocycles. The van der Waals surface area contributed by atoms with Crippen LogP contribution in [0.25, 0.3) is 0 Å². The maximum absolute atomic E-state index is 12.5. The summed E-state index contributed by atoms with van der Waals surface area (Å²) in [6.45, 7) is 6.80. The first kappa shape index (κ1) is 22.2. The first-order valence-electron chi connectivity index (χ1n) is 9.09. The summed E-state index contributed by atoms with van der Waals surface area (Å²) in [7, 11) is 0. The molecule has 0 unspecified atom stereocenters. The summed E-state index contributed by atoms with van der Waals surface area (Å²) in [6.07, 6.45) is -3.68. The maximum atomic E-state index is 12.5. The molecule has 1 N–H and O–H groups in total. The molecule has 0 saturated carbocycles. The van der Waals surface area contributed by atoms with Crippen molar-refractivity contribution in [3.63, 3.8) is 0 Å². The number of nitrogens with zero attached hydrogens (tertiary/aromatic N) is 3. The predicted octanol–water partition coefficient (Wildman–Crippen LogP) is 4.18. The lowest BCUT2D eigenvalue weighted by molar-refractivity contribution is -0.137. The molecule has 0 aliphatic carbocycles. The van der Waals surface area contributed by atoms with Crippen molar-refractivity contribution in [2.24, 2.45) is 5.10 Å². The Kier molecular flexibility index (Phi) is 7.58. The van der Waals surface area contributed by atoms with E-state index in [-0.39, 0.29) is 18.3 Å². The van der Waals surface area contributed by atoms with Crippen LogP contribution in [0.15, 0.2) is 47.7 Å². The Hall–Kier alpha value is -3.10. The van der Waals surface area contributed by atoms with E-state index in [1.807, 2.05) is 13.8 Å². The van der Waals surface area contributed by atoms with E-state index in [0.29, 0.717) is 24.6 Å². The molecule has 2 aromatic rings. The zero-order chi connectivity index (χ0) is 21.4. The highest BCUT2D eigenvalue weighted by molar-refractivity contribution is 5.99. The van der Waals surface area contributed by atoms with E-state index < -0.39 is 11.7 Å². The van der Waals surface area contributed by atoms with Gasteiger partial charge in [0.25, 0.3) is 5.91 Å². The lowest BCUT2D eigenvalue weighted by atomic mass is 10.1. The van der Waals surface area contributed by atoms with Crippen LogP contribution in [0.1, 0.15) is 31.9 Å². The van der Waals surface area contributed by atoms with Gasteiger partial charge in [0, 0.05) is 19.3 Å². The van der Waals surface area contributed by atoms with Crippen LogP contribution < -0.4 is 10.2 Å². The van der Waals surface area contributed by atoms with E-state index in [4.69, 9.17) is 4.74 Å². The molecule has 0 bridgehead atoms. The molecule has 29 heavy (non-hydrogen) atoms. The van der Waals surface area contributed by atoms with Crippen LogP contribution in [-0.2, 0) is 11.0 Å². The Morgan fingerprint density at radius 3 is 2.31 bits per heavy atom. The normalized spacial score (nSPS) is 11.9. The van der Waals surface area contributed by atoms with Gasteiger partial charge >= 0.3 is 6.18 Å². The second-order valence-electron chi connectivity index (χ2n) is 6.12. The summed E-state index contributed by atoms with van der Waals surface area (Å²) in [4.78, 5) is 17.3. The van der Waals surface area contributed by atoms with Crippen LogP contribution in [0.5, 0.6) is 5.75 Å². The lowest BCUT2D eigenvalue weighted by Gasteiger charge is -2.18. The number of hydrazone groups is 1. The van der Waals surface area contributed by atoms with Gasteiger partial charge in [-0.2, -0.15) is 18.3 Å². The summed E-state index contributed by atoms with van der Waals surface area (Å²) >= 11 is 0. The van der Waals surface area contributed by atoms with Crippen LogP contribution in [0, 0.1) is 0 Å². The number of alkyl halides is 3. The average molecular weight is 408 g/mol. The number of carbonyl (C=O) groups excluding carboxylic acids is 1. The Bertz CT molecular complexity index is 830. The van der Waals surface area contributed by atoms with Crippen molar-refractivity contribution in [1.82, 2.24) is 9.88 Å². The third kappa shape index (κ3) is 6.48. The Balaban J connectivity index is 1.94. The van der Waals surface area contributed by atoms with Gasteiger partial charge in [0.1, 0.15) is 11.6 Å². The number of amides is 1. The number of nitrogens with one attached hydrogen (secondary N) is 1. The molecule has 6 nitrogen and oxygen atoms in total. The standard InChI is InChI=1S/C20H23F3N4O2/c1-4-27(5-2)19(28)13-29-17-9-6-15(7-10-17)14(3)25-26-18-11-8-16(12-24-18)20(21,22)23/h6-12H,4-5,13H2,1-3H3,(H,24,26)/b25-14-. The number of pyridine rings is 1. The van der Waals surface area contributed by atoms with Crippen LogP contribution in [-0.4, -0.2) is 41.2 Å². The van der Waals surface area contributed by atoms with Gasteiger partial charge in [0.2, 0.25) is 0 Å². The van der Waals surface area contributed by atoms with E-state index in [1.54, 1.807) is 36.1 Å². The average Bonchev–Trinajstić information content (AvgIpc) is 2.71. The number of benzene rings is 1. The number of halogens is 3. The van der Waals surface area contributed by atoms with Crippen molar-refractivity contribution in [2.45, 2.75) is 26.9 Å². The molecule has 0 aliphatic heterocycles. The smallest absolute Gasteiger partial charge is 0.417 e. The van der Waals surface area contributed by atoms with E-state index in [1.165, 1.54) is 6.07 Å². The minimum absolute atomic E-state index is 0.0325. The Labute approximate surface area is 167 Å². The molecule has 0 aliphatic rings. The molecule has 9 heteroatoms. The van der Waals surface area contributed by atoms with E-state index >= 15 is 0 Å². The molecule has 156 valence electrons. The summed E-state index contributed by atoms with van der Waals surface area (Å²) in [5.41, 5.74) is 3.20. The Morgan fingerprint density at radius 1 is 1.14 bits per heavy atom. The van der Waals surface area contributed by atoms with Gasteiger partial charge < -0.3 is 9.64 Å². The summed E-state index contributed by atoms with van der Waals surface area (Å²) in [5.74, 6) is 0.678. The molecule has 1 amide bonds. The molecule has 1 aromatic heterocycles. The highest BCUT2D eigenvalue weighted by atomic mass is 19.4.